The molecule has 0 aliphatic rings. The van der Waals surface area contributed by atoms with Crippen molar-refractivity contribution >= 4 is 11.6 Å². The van der Waals surface area contributed by atoms with E-state index in [0.29, 0.717) is 18.9 Å². The molecule has 0 spiro atoms. The number of anilines is 1. The molecular weight excluding hydrogens is 248 g/mol. The van der Waals surface area contributed by atoms with Crippen LogP contribution in [-0.4, -0.2) is 18.5 Å². The number of para-hydroxylation sites is 1. The highest BCUT2D eigenvalue weighted by atomic mass is 16.1. The van der Waals surface area contributed by atoms with Gasteiger partial charge in [0.05, 0.1) is 0 Å². The van der Waals surface area contributed by atoms with Crippen LogP contribution in [0.5, 0.6) is 0 Å². The average Bonchev–Trinajstić information content (AvgIpc) is 2.33. The maximum atomic E-state index is 11.9. The topological polar surface area (TPSA) is 41.1 Å². The Morgan fingerprint density at radius 2 is 1.75 bits per heavy atom. The molecule has 0 unspecified atom stereocenters. The predicted molar refractivity (Wildman–Crippen MR) is 85.8 cm³/mol. The summed E-state index contributed by atoms with van der Waals surface area (Å²) >= 11 is 0. The van der Waals surface area contributed by atoms with Crippen molar-refractivity contribution in [1.29, 1.82) is 0 Å². The minimum atomic E-state index is 0.0320. The van der Waals surface area contributed by atoms with Gasteiger partial charge in [0.1, 0.15) is 0 Å². The van der Waals surface area contributed by atoms with Gasteiger partial charge >= 0.3 is 0 Å². The third kappa shape index (κ3) is 6.60. The molecule has 0 aromatic heterocycles. The normalized spacial score (nSPS) is 13.1. The number of carbonyl (C=O) groups is 1. The molecule has 3 nitrogen and oxygen atoms in total. The molecule has 1 rings (SSSR count). The number of rotatable bonds is 6. The van der Waals surface area contributed by atoms with Gasteiger partial charge in [-0.2, -0.15) is 0 Å². The Bertz CT molecular complexity index is 407. The van der Waals surface area contributed by atoms with E-state index in [1.165, 1.54) is 0 Å². The largest absolute Gasteiger partial charge is 0.380 e. The fourth-order valence-electron chi connectivity index (χ4n) is 1.97. The third-order valence-corrected chi connectivity index (χ3v) is 3.14. The first-order chi connectivity index (χ1) is 9.28. The highest BCUT2D eigenvalue weighted by Gasteiger charge is 2.18. The lowest BCUT2D eigenvalue weighted by molar-refractivity contribution is -0.122. The molecule has 1 aromatic carbocycles. The van der Waals surface area contributed by atoms with Crippen molar-refractivity contribution in [3.05, 3.63) is 30.3 Å². The Balaban J connectivity index is 2.50. The molecule has 0 aliphatic carbocycles. The molecular formula is C17H28N2O. The maximum absolute atomic E-state index is 11.9. The second-order valence-electron chi connectivity index (χ2n) is 6.90. The predicted octanol–water partition coefficient (Wildman–Crippen LogP) is 3.68. The van der Waals surface area contributed by atoms with Crippen LogP contribution in [-0.2, 0) is 4.79 Å². The van der Waals surface area contributed by atoms with Gasteiger partial charge in [-0.1, -0.05) is 52.8 Å². The van der Waals surface area contributed by atoms with E-state index < -0.39 is 0 Å². The number of nitrogens with one attached hydrogen (secondary N) is 2. The lowest BCUT2D eigenvalue weighted by Gasteiger charge is -2.25. The summed E-state index contributed by atoms with van der Waals surface area (Å²) in [6.07, 6.45) is 0.559. The van der Waals surface area contributed by atoms with Gasteiger partial charge in [0.2, 0.25) is 5.91 Å². The van der Waals surface area contributed by atoms with Gasteiger partial charge in [-0.3, -0.25) is 4.79 Å². The molecule has 0 fully saturated rings. The van der Waals surface area contributed by atoms with Gasteiger partial charge < -0.3 is 10.6 Å². The molecule has 0 aliphatic heterocycles. The summed E-state index contributed by atoms with van der Waals surface area (Å²) in [5.74, 6) is 0.572. The Morgan fingerprint density at radius 3 is 2.25 bits per heavy atom. The molecule has 112 valence electrons. The van der Waals surface area contributed by atoms with E-state index in [-0.39, 0.29) is 17.4 Å². The van der Waals surface area contributed by atoms with E-state index >= 15 is 0 Å². The molecule has 20 heavy (non-hydrogen) atoms. The smallest absolute Gasteiger partial charge is 0.220 e. The summed E-state index contributed by atoms with van der Waals surface area (Å²) in [7, 11) is 0. The second kappa shape index (κ2) is 7.32. The first-order valence-corrected chi connectivity index (χ1v) is 7.36. The fourth-order valence-corrected chi connectivity index (χ4v) is 1.97. The fraction of sp³-hybridized carbons (Fsp3) is 0.588. The van der Waals surface area contributed by atoms with Crippen LogP contribution >= 0.6 is 0 Å². The SMILES string of the molecule is CC(C)[C@@H](CNC(=O)CC(C)(C)C)Nc1ccccc1. The third-order valence-electron chi connectivity index (χ3n) is 3.14. The van der Waals surface area contributed by atoms with Crippen molar-refractivity contribution in [1.82, 2.24) is 5.32 Å². The van der Waals surface area contributed by atoms with Crippen molar-refractivity contribution in [2.24, 2.45) is 11.3 Å². The summed E-state index contributed by atoms with van der Waals surface area (Å²) < 4.78 is 0. The highest BCUT2D eigenvalue weighted by Crippen LogP contribution is 2.18. The molecule has 0 saturated carbocycles. The van der Waals surface area contributed by atoms with Crippen molar-refractivity contribution in [2.75, 3.05) is 11.9 Å². The van der Waals surface area contributed by atoms with Crippen LogP contribution in [0.15, 0.2) is 30.3 Å². The van der Waals surface area contributed by atoms with E-state index in [0.717, 1.165) is 5.69 Å². The number of amides is 1. The van der Waals surface area contributed by atoms with Gasteiger partial charge in [0.25, 0.3) is 0 Å². The lowest BCUT2D eigenvalue weighted by Crippen LogP contribution is -2.40. The van der Waals surface area contributed by atoms with Crippen LogP contribution in [0.1, 0.15) is 41.0 Å². The van der Waals surface area contributed by atoms with Crippen molar-refractivity contribution < 1.29 is 4.79 Å². The van der Waals surface area contributed by atoms with Crippen LogP contribution in [0.3, 0.4) is 0 Å². The van der Waals surface area contributed by atoms with Crippen molar-refractivity contribution in [2.45, 2.75) is 47.1 Å². The number of hydrogen-bond acceptors (Lipinski definition) is 2. The zero-order valence-electron chi connectivity index (χ0n) is 13.4. The summed E-state index contributed by atoms with van der Waals surface area (Å²) in [6, 6.07) is 10.4. The van der Waals surface area contributed by atoms with E-state index in [1.807, 2.05) is 30.3 Å². The Kier molecular flexibility index (Phi) is 6.05. The molecule has 1 amide bonds. The zero-order chi connectivity index (χ0) is 15.2. The van der Waals surface area contributed by atoms with Gasteiger partial charge in [-0.05, 0) is 23.5 Å². The van der Waals surface area contributed by atoms with Crippen LogP contribution in [0.2, 0.25) is 0 Å². The summed E-state index contributed by atoms with van der Waals surface area (Å²) in [5.41, 5.74) is 1.13. The number of benzene rings is 1. The summed E-state index contributed by atoms with van der Waals surface area (Å²) in [5, 5.41) is 6.52. The quantitative estimate of drug-likeness (QED) is 0.832. The Hall–Kier alpha value is -1.51. The summed E-state index contributed by atoms with van der Waals surface area (Å²) in [6.45, 7) is 11.2. The standard InChI is InChI=1S/C17H28N2O/c1-13(2)15(19-14-9-7-6-8-10-14)12-18-16(20)11-17(3,4)5/h6-10,13,15,19H,11-12H2,1-5H3,(H,18,20)/t15-/m1/s1. The van der Waals surface area contributed by atoms with Crippen LogP contribution in [0.25, 0.3) is 0 Å². The second-order valence-corrected chi connectivity index (χ2v) is 6.90. The van der Waals surface area contributed by atoms with E-state index in [2.05, 4.69) is 45.3 Å². The van der Waals surface area contributed by atoms with Gasteiger partial charge in [0.15, 0.2) is 0 Å². The van der Waals surface area contributed by atoms with Gasteiger partial charge in [0, 0.05) is 24.7 Å². The molecule has 2 N–H and O–H groups in total. The Morgan fingerprint density at radius 1 is 1.15 bits per heavy atom. The maximum Gasteiger partial charge on any atom is 0.220 e. The van der Waals surface area contributed by atoms with E-state index in [9.17, 15) is 4.79 Å². The first kappa shape index (κ1) is 16.5. The molecule has 1 aromatic rings. The Labute approximate surface area is 123 Å². The molecule has 0 heterocycles. The van der Waals surface area contributed by atoms with E-state index in [1.54, 1.807) is 0 Å². The molecule has 0 bridgehead atoms. The van der Waals surface area contributed by atoms with Crippen LogP contribution in [0, 0.1) is 11.3 Å². The number of carbonyl (C=O) groups excluding carboxylic acids is 1. The van der Waals surface area contributed by atoms with Gasteiger partial charge in [-0.15, -0.1) is 0 Å². The van der Waals surface area contributed by atoms with E-state index in [4.69, 9.17) is 0 Å². The van der Waals surface area contributed by atoms with Crippen molar-refractivity contribution in [3.8, 4) is 0 Å². The molecule has 0 saturated heterocycles. The highest BCUT2D eigenvalue weighted by molar-refractivity contribution is 5.76. The average molecular weight is 276 g/mol. The molecule has 0 radical (unpaired) electrons. The van der Waals surface area contributed by atoms with Crippen LogP contribution < -0.4 is 10.6 Å². The molecule has 3 heteroatoms. The zero-order valence-corrected chi connectivity index (χ0v) is 13.4. The minimum absolute atomic E-state index is 0.0320. The molecule has 1 atom stereocenters. The monoisotopic (exact) mass is 276 g/mol. The lowest BCUT2D eigenvalue weighted by atomic mass is 9.92. The minimum Gasteiger partial charge on any atom is -0.380 e. The summed E-state index contributed by atoms with van der Waals surface area (Å²) in [4.78, 5) is 11.9. The number of hydrogen-bond donors (Lipinski definition) is 2. The van der Waals surface area contributed by atoms with Crippen molar-refractivity contribution in [3.63, 3.8) is 0 Å². The van der Waals surface area contributed by atoms with Gasteiger partial charge in [-0.25, -0.2) is 0 Å². The first-order valence-electron chi connectivity index (χ1n) is 7.36. The van der Waals surface area contributed by atoms with Crippen LogP contribution in [0.4, 0.5) is 5.69 Å².